The van der Waals surface area contributed by atoms with E-state index in [0.717, 1.165) is 32.5 Å². The van der Waals surface area contributed by atoms with Gasteiger partial charge in [0.25, 0.3) is 0 Å². The van der Waals surface area contributed by atoms with E-state index in [4.69, 9.17) is 9.47 Å². The highest BCUT2D eigenvalue weighted by Gasteiger charge is 2.44. The third-order valence-electron chi connectivity index (χ3n) is 4.70. The monoisotopic (exact) mass is 314 g/mol. The van der Waals surface area contributed by atoms with Crippen LogP contribution < -0.4 is 4.74 Å². The molecular formula is C17H22N4O2. The second kappa shape index (κ2) is 6.29. The highest BCUT2D eigenvalue weighted by atomic mass is 16.5. The van der Waals surface area contributed by atoms with E-state index in [1.54, 1.807) is 6.20 Å². The molecule has 4 rings (SSSR count). The lowest BCUT2D eigenvalue weighted by atomic mass is 10.1. The third-order valence-corrected chi connectivity index (χ3v) is 4.70. The van der Waals surface area contributed by atoms with Crippen molar-refractivity contribution in [1.82, 2.24) is 19.7 Å². The molecule has 1 aliphatic heterocycles. The normalized spacial score (nSPS) is 27.8. The van der Waals surface area contributed by atoms with Crippen LogP contribution in [0.1, 0.15) is 18.4 Å². The molecule has 2 fully saturated rings. The number of nitrogens with zero attached hydrogens (tertiary/aromatic N) is 4. The Kier molecular flexibility index (Phi) is 4.01. The second-order valence-corrected chi connectivity index (χ2v) is 6.30. The summed E-state index contributed by atoms with van der Waals surface area (Å²) in [5.74, 6) is 0.686. The number of aryl methyl sites for hydroxylation is 1. The van der Waals surface area contributed by atoms with Crippen LogP contribution in [-0.4, -0.2) is 51.1 Å². The molecule has 2 aromatic heterocycles. The number of fused-ring (bicyclic) bond motifs is 1. The zero-order valence-electron chi connectivity index (χ0n) is 13.3. The fourth-order valence-electron chi connectivity index (χ4n) is 3.67. The molecule has 0 unspecified atom stereocenters. The number of ether oxygens (including phenoxy) is 2. The highest BCUT2D eigenvalue weighted by molar-refractivity contribution is 5.12. The number of rotatable bonds is 4. The van der Waals surface area contributed by atoms with Crippen molar-refractivity contribution in [3.8, 4) is 5.88 Å². The lowest BCUT2D eigenvalue weighted by molar-refractivity contribution is -0.0922. The number of hydrogen-bond acceptors (Lipinski definition) is 5. The molecule has 122 valence electrons. The van der Waals surface area contributed by atoms with Gasteiger partial charge in [0.05, 0.1) is 12.8 Å². The van der Waals surface area contributed by atoms with Crippen molar-refractivity contribution in [1.29, 1.82) is 0 Å². The number of pyridine rings is 1. The van der Waals surface area contributed by atoms with Gasteiger partial charge in [0, 0.05) is 50.2 Å². The molecule has 6 nitrogen and oxygen atoms in total. The summed E-state index contributed by atoms with van der Waals surface area (Å²) in [5, 5.41) is 4.26. The van der Waals surface area contributed by atoms with E-state index >= 15 is 0 Å². The predicted molar refractivity (Wildman–Crippen MR) is 85.0 cm³/mol. The smallest absolute Gasteiger partial charge is 0.213 e. The van der Waals surface area contributed by atoms with Crippen LogP contribution in [0.4, 0.5) is 0 Å². The summed E-state index contributed by atoms with van der Waals surface area (Å²) in [6, 6.07) is 6.17. The van der Waals surface area contributed by atoms with Crippen LogP contribution in [0.25, 0.3) is 0 Å². The van der Waals surface area contributed by atoms with E-state index in [1.807, 2.05) is 36.1 Å². The zero-order chi connectivity index (χ0) is 15.6. The number of hydrogen-bond donors (Lipinski definition) is 0. The Morgan fingerprint density at radius 3 is 3.09 bits per heavy atom. The standard InChI is InChI=1S/C17H22N4O2/c1-20-11-13(10-19-20)12-21-8-9-22-17-14(21)5-6-15(17)23-16-4-2-3-7-18-16/h2-4,7,10-11,14-15,17H,5-6,8-9,12H2,1H3/t14-,15+,17+/m0/s1. The molecule has 1 aliphatic carbocycles. The van der Waals surface area contributed by atoms with Crippen LogP contribution in [0.3, 0.4) is 0 Å². The first kappa shape index (κ1) is 14.7. The lowest BCUT2D eigenvalue weighted by Gasteiger charge is -2.38. The van der Waals surface area contributed by atoms with Crippen LogP contribution >= 0.6 is 0 Å². The van der Waals surface area contributed by atoms with Crippen molar-refractivity contribution in [2.45, 2.75) is 37.6 Å². The molecule has 3 atom stereocenters. The maximum absolute atomic E-state index is 6.07. The Morgan fingerprint density at radius 2 is 2.30 bits per heavy atom. The van der Waals surface area contributed by atoms with Gasteiger partial charge in [-0.25, -0.2) is 4.98 Å². The largest absolute Gasteiger partial charge is 0.472 e. The fourth-order valence-corrected chi connectivity index (χ4v) is 3.67. The van der Waals surface area contributed by atoms with Crippen LogP contribution in [0.5, 0.6) is 5.88 Å². The van der Waals surface area contributed by atoms with Gasteiger partial charge in [-0.3, -0.25) is 9.58 Å². The van der Waals surface area contributed by atoms with Crippen LogP contribution in [0.15, 0.2) is 36.8 Å². The molecule has 6 heteroatoms. The minimum Gasteiger partial charge on any atom is -0.472 e. The van der Waals surface area contributed by atoms with Gasteiger partial charge in [-0.1, -0.05) is 6.07 Å². The third kappa shape index (κ3) is 3.09. The Labute approximate surface area is 136 Å². The Balaban J connectivity index is 1.43. The minimum atomic E-state index is 0.0894. The maximum atomic E-state index is 6.07. The van der Waals surface area contributed by atoms with Gasteiger partial charge in [0.1, 0.15) is 12.2 Å². The van der Waals surface area contributed by atoms with Crippen LogP contribution in [0.2, 0.25) is 0 Å². The van der Waals surface area contributed by atoms with Crippen molar-refractivity contribution < 1.29 is 9.47 Å². The molecule has 0 radical (unpaired) electrons. The molecule has 0 bridgehead atoms. The molecule has 3 heterocycles. The van der Waals surface area contributed by atoms with E-state index in [-0.39, 0.29) is 12.2 Å². The Hall–Kier alpha value is -1.92. The predicted octanol–water partition coefficient (Wildman–Crippen LogP) is 1.63. The van der Waals surface area contributed by atoms with Crippen LogP contribution in [0, 0.1) is 0 Å². The summed E-state index contributed by atoms with van der Waals surface area (Å²) < 4.78 is 14.0. The highest BCUT2D eigenvalue weighted by Crippen LogP contribution is 2.33. The summed E-state index contributed by atoms with van der Waals surface area (Å²) in [6.45, 7) is 2.64. The van der Waals surface area contributed by atoms with Gasteiger partial charge in [0.2, 0.25) is 5.88 Å². The van der Waals surface area contributed by atoms with Gasteiger partial charge < -0.3 is 9.47 Å². The van der Waals surface area contributed by atoms with Gasteiger partial charge in [0.15, 0.2) is 0 Å². The molecular weight excluding hydrogens is 292 g/mol. The summed E-state index contributed by atoms with van der Waals surface area (Å²) in [5.41, 5.74) is 1.25. The summed E-state index contributed by atoms with van der Waals surface area (Å²) in [4.78, 5) is 6.77. The molecule has 0 spiro atoms. The minimum absolute atomic E-state index is 0.0894. The number of aromatic nitrogens is 3. The van der Waals surface area contributed by atoms with Gasteiger partial charge in [-0.15, -0.1) is 0 Å². The van der Waals surface area contributed by atoms with E-state index in [2.05, 4.69) is 21.2 Å². The van der Waals surface area contributed by atoms with E-state index < -0.39 is 0 Å². The maximum Gasteiger partial charge on any atom is 0.213 e. The van der Waals surface area contributed by atoms with Crippen molar-refractivity contribution in [2.24, 2.45) is 7.05 Å². The molecule has 2 aromatic rings. The SMILES string of the molecule is Cn1cc(CN2CCO[C@H]3[C@H](Oc4ccccn4)CC[C@@H]32)cn1. The average Bonchev–Trinajstić information content (AvgIpc) is 3.16. The quantitative estimate of drug-likeness (QED) is 0.858. The van der Waals surface area contributed by atoms with Gasteiger partial charge in [-0.2, -0.15) is 5.10 Å². The van der Waals surface area contributed by atoms with E-state index in [1.165, 1.54) is 5.56 Å². The van der Waals surface area contributed by atoms with Crippen molar-refractivity contribution in [3.05, 3.63) is 42.4 Å². The van der Waals surface area contributed by atoms with Crippen molar-refractivity contribution >= 4 is 0 Å². The van der Waals surface area contributed by atoms with Gasteiger partial charge >= 0.3 is 0 Å². The first-order valence-electron chi connectivity index (χ1n) is 8.20. The molecule has 0 N–H and O–H groups in total. The molecule has 1 saturated carbocycles. The van der Waals surface area contributed by atoms with E-state index in [0.29, 0.717) is 11.9 Å². The molecule has 23 heavy (non-hydrogen) atoms. The fraction of sp³-hybridized carbons (Fsp3) is 0.529. The zero-order valence-corrected chi connectivity index (χ0v) is 13.3. The summed E-state index contributed by atoms with van der Waals surface area (Å²) >= 11 is 0. The first-order valence-corrected chi connectivity index (χ1v) is 8.20. The number of morpholine rings is 1. The Morgan fingerprint density at radius 1 is 1.35 bits per heavy atom. The van der Waals surface area contributed by atoms with Crippen molar-refractivity contribution in [2.75, 3.05) is 13.2 Å². The summed E-state index contributed by atoms with van der Waals surface area (Å²) in [7, 11) is 1.96. The molecule has 0 amide bonds. The van der Waals surface area contributed by atoms with Crippen molar-refractivity contribution in [3.63, 3.8) is 0 Å². The Bertz CT molecular complexity index is 645. The molecule has 0 aromatic carbocycles. The van der Waals surface area contributed by atoms with Crippen LogP contribution in [-0.2, 0) is 18.3 Å². The lowest BCUT2D eigenvalue weighted by Crippen LogP contribution is -2.51. The molecule has 2 aliphatic rings. The summed E-state index contributed by atoms with van der Waals surface area (Å²) in [6.07, 6.45) is 8.12. The topological polar surface area (TPSA) is 52.4 Å². The van der Waals surface area contributed by atoms with E-state index in [9.17, 15) is 0 Å². The first-order chi connectivity index (χ1) is 11.3. The second-order valence-electron chi connectivity index (χ2n) is 6.30. The molecule has 1 saturated heterocycles. The average molecular weight is 314 g/mol. The van der Waals surface area contributed by atoms with Gasteiger partial charge in [-0.05, 0) is 18.9 Å².